The molecule has 0 spiro atoms. The zero-order valence-electron chi connectivity index (χ0n) is 13.3. The van der Waals surface area contributed by atoms with E-state index in [9.17, 15) is 14.7 Å². The van der Waals surface area contributed by atoms with Crippen LogP contribution < -0.4 is 5.32 Å². The van der Waals surface area contributed by atoms with E-state index in [1.807, 2.05) is 35.1 Å². The molecule has 1 aliphatic heterocycles. The van der Waals surface area contributed by atoms with Crippen LogP contribution in [0.2, 0.25) is 0 Å². The predicted molar refractivity (Wildman–Crippen MR) is 89.4 cm³/mol. The van der Waals surface area contributed by atoms with Crippen molar-refractivity contribution in [2.45, 2.75) is 18.0 Å². The number of carboxylic acid groups (broad SMARTS) is 1. The van der Waals surface area contributed by atoms with Crippen molar-refractivity contribution in [3.05, 3.63) is 30.1 Å². The normalized spacial score (nSPS) is 16.9. The Morgan fingerprint density at radius 1 is 1.42 bits per heavy atom. The summed E-state index contributed by atoms with van der Waals surface area (Å²) >= 11 is 1.45. The molecule has 0 bridgehead atoms. The van der Waals surface area contributed by atoms with Crippen LogP contribution in [0.5, 0.6) is 0 Å². The fraction of sp³-hybridized carbons (Fsp3) is 0.438. The number of rotatable bonds is 5. The van der Waals surface area contributed by atoms with Crippen molar-refractivity contribution in [3.8, 4) is 0 Å². The van der Waals surface area contributed by atoms with Crippen molar-refractivity contribution in [2.75, 3.05) is 26.0 Å². The standard InChI is InChI=1S/C16H19N3O4S/c1-24-15-18-12(11-4-2-3-7-19(11)15)13(20)17-10-16(14(21)22)5-8-23-9-6-16/h2-4,7H,5-6,8-10H2,1H3,(H,17,20)(H,21,22). The number of fused-ring (bicyclic) bond motifs is 1. The molecule has 0 saturated carbocycles. The van der Waals surface area contributed by atoms with Crippen LogP contribution in [0.4, 0.5) is 0 Å². The molecular formula is C16H19N3O4S. The average molecular weight is 349 g/mol. The Hall–Kier alpha value is -2.06. The molecule has 0 atom stereocenters. The van der Waals surface area contributed by atoms with Gasteiger partial charge in [0.1, 0.15) is 0 Å². The van der Waals surface area contributed by atoms with Crippen molar-refractivity contribution in [2.24, 2.45) is 5.41 Å². The molecule has 3 rings (SSSR count). The third kappa shape index (κ3) is 2.99. The number of imidazole rings is 1. The van der Waals surface area contributed by atoms with Crippen molar-refractivity contribution in [3.63, 3.8) is 0 Å². The highest BCUT2D eigenvalue weighted by atomic mass is 32.2. The lowest BCUT2D eigenvalue weighted by molar-refractivity contribution is -0.154. The van der Waals surface area contributed by atoms with Gasteiger partial charge in [-0.2, -0.15) is 0 Å². The topological polar surface area (TPSA) is 92.9 Å². The Kier molecular flexibility index (Phi) is 4.77. The lowest BCUT2D eigenvalue weighted by atomic mass is 9.80. The molecule has 1 aliphatic rings. The van der Waals surface area contributed by atoms with Gasteiger partial charge >= 0.3 is 5.97 Å². The summed E-state index contributed by atoms with van der Waals surface area (Å²) in [5.41, 5.74) is 0.0504. The maximum absolute atomic E-state index is 12.6. The third-order valence-electron chi connectivity index (χ3n) is 4.40. The predicted octanol–water partition coefficient (Wildman–Crippen LogP) is 1.67. The number of ether oxygens (including phenoxy) is 1. The first kappa shape index (κ1) is 16.8. The molecule has 2 aromatic rings. The van der Waals surface area contributed by atoms with E-state index < -0.39 is 11.4 Å². The van der Waals surface area contributed by atoms with Gasteiger partial charge in [-0.3, -0.25) is 14.0 Å². The first-order valence-electron chi connectivity index (χ1n) is 7.68. The molecule has 2 aromatic heterocycles. The number of carboxylic acids is 1. The van der Waals surface area contributed by atoms with Gasteiger partial charge < -0.3 is 15.2 Å². The number of amides is 1. The quantitative estimate of drug-likeness (QED) is 0.798. The largest absolute Gasteiger partial charge is 0.481 e. The highest BCUT2D eigenvalue weighted by Gasteiger charge is 2.40. The summed E-state index contributed by atoms with van der Waals surface area (Å²) in [6.45, 7) is 0.864. The minimum atomic E-state index is -0.966. The number of nitrogens with one attached hydrogen (secondary N) is 1. The Balaban J connectivity index is 1.81. The van der Waals surface area contributed by atoms with E-state index >= 15 is 0 Å². The number of thioether (sulfide) groups is 1. The number of aromatic nitrogens is 2. The van der Waals surface area contributed by atoms with Crippen LogP contribution in [-0.2, 0) is 9.53 Å². The molecule has 0 radical (unpaired) electrons. The van der Waals surface area contributed by atoms with E-state index in [4.69, 9.17) is 4.74 Å². The van der Waals surface area contributed by atoms with Crippen molar-refractivity contribution in [1.29, 1.82) is 0 Å². The molecule has 128 valence electrons. The molecule has 2 N–H and O–H groups in total. The fourth-order valence-corrected chi connectivity index (χ4v) is 3.42. The van der Waals surface area contributed by atoms with Crippen LogP contribution in [0.1, 0.15) is 23.3 Å². The van der Waals surface area contributed by atoms with Crippen molar-refractivity contribution < 1.29 is 19.4 Å². The number of hydrogen-bond acceptors (Lipinski definition) is 5. The van der Waals surface area contributed by atoms with Crippen LogP contribution in [0.3, 0.4) is 0 Å². The van der Waals surface area contributed by atoms with E-state index in [0.717, 1.165) is 5.16 Å². The van der Waals surface area contributed by atoms with E-state index in [0.29, 0.717) is 37.3 Å². The molecule has 3 heterocycles. The minimum absolute atomic E-state index is 0.0744. The maximum Gasteiger partial charge on any atom is 0.311 e. The van der Waals surface area contributed by atoms with Crippen molar-refractivity contribution >= 4 is 29.2 Å². The number of nitrogens with zero attached hydrogens (tertiary/aromatic N) is 2. The van der Waals surface area contributed by atoms with Crippen LogP contribution in [0, 0.1) is 5.41 Å². The second-order valence-electron chi connectivity index (χ2n) is 5.78. The van der Waals surface area contributed by atoms with Gasteiger partial charge in [-0.15, -0.1) is 0 Å². The summed E-state index contributed by atoms with van der Waals surface area (Å²) in [4.78, 5) is 28.6. The number of carbonyl (C=O) groups is 2. The summed E-state index contributed by atoms with van der Waals surface area (Å²) in [6.07, 6.45) is 4.53. The summed E-state index contributed by atoms with van der Waals surface area (Å²) < 4.78 is 7.10. The average Bonchev–Trinajstić information content (AvgIpc) is 2.99. The lowest BCUT2D eigenvalue weighted by Crippen LogP contribution is -2.46. The Morgan fingerprint density at radius 2 is 2.17 bits per heavy atom. The molecule has 1 fully saturated rings. The Morgan fingerprint density at radius 3 is 2.83 bits per heavy atom. The first-order valence-corrected chi connectivity index (χ1v) is 8.90. The molecule has 7 nitrogen and oxygen atoms in total. The molecule has 0 aliphatic carbocycles. The fourth-order valence-electron chi connectivity index (χ4n) is 2.88. The third-order valence-corrected chi connectivity index (χ3v) is 5.06. The zero-order chi connectivity index (χ0) is 17.2. The minimum Gasteiger partial charge on any atom is -0.481 e. The van der Waals surface area contributed by atoms with Gasteiger partial charge in [0.05, 0.1) is 10.9 Å². The summed E-state index contributed by atoms with van der Waals surface area (Å²) in [5, 5.41) is 13.0. The number of pyridine rings is 1. The second-order valence-corrected chi connectivity index (χ2v) is 6.56. The van der Waals surface area contributed by atoms with E-state index in [-0.39, 0.29) is 12.5 Å². The number of carbonyl (C=O) groups excluding carboxylic acids is 1. The van der Waals surface area contributed by atoms with Gasteiger partial charge in [-0.25, -0.2) is 4.98 Å². The highest BCUT2D eigenvalue weighted by molar-refractivity contribution is 7.98. The monoisotopic (exact) mass is 349 g/mol. The first-order chi connectivity index (χ1) is 11.6. The molecule has 0 unspecified atom stereocenters. The van der Waals surface area contributed by atoms with Gasteiger partial charge in [0.15, 0.2) is 10.9 Å². The van der Waals surface area contributed by atoms with E-state index in [2.05, 4.69) is 10.3 Å². The van der Waals surface area contributed by atoms with E-state index in [1.54, 1.807) is 0 Å². The van der Waals surface area contributed by atoms with Gasteiger partial charge in [-0.05, 0) is 31.2 Å². The molecule has 24 heavy (non-hydrogen) atoms. The Bertz CT molecular complexity index is 768. The molecule has 0 aromatic carbocycles. The lowest BCUT2D eigenvalue weighted by Gasteiger charge is -2.33. The highest BCUT2D eigenvalue weighted by Crippen LogP contribution is 2.30. The number of hydrogen-bond donors (Lipinski definition) is 2. The van der Waals surface area contributed by atoms with Crippen LogP contribution >= 0.6 is 11.8 Å². The van der Waals surface area contributed by atoms with Crippen LogP contribution in [0.15, 0.2) is 29.6 Å². The van der Waals surface area contributed by atoms with Gasteiger partial charge in [0.2, 0.25) is 0 Å². The van der Waals surface area contributed by atoms with Gasteiger partial charge in [0.25, 0.3) is 5.91 Å². The molecular weight excluding hydrogens is 330 g/mol. The summed E-state index contributed by atoms with van der Waals surface area (Å²) in [7, 11) is 0. The van der Waals surface area contributed by atoms with Crippen LogP contribution in [-0.4, -0.2) is 52.4 Å². The zero-order valence-corrected chi connectivity index (χ0v) is 14.1. The maximum atomic E-state index is 12.6. The van der Waals surface area contributed by atoms with Crippen molar-refractivity contribution in [1.82, 2.24) is 14.7 Å². The van der Waals surface area contributed by atoms with Gasteiger partial charge in [0, 0.05) is 26.0 Å². The molecule has 1 amide bonds. The number of aliphatic carboxylic acids is 1. The Labute approximate surface area is 143 Å². The second kappa shape index (κ2) is 6.82. The molecule has 1 saturated heterocycles. The SMILES string of the molecule is CSc1nc(C(=O)NCC2(C(=O)O)CCOCC2)c2ccccn12. The smallest absolute Gasteiger partial charge is 0.311 e. The van der Waals surface area contributed by atoms with Gasteiger partial charge in [-0.1, -0.05) is 17.8 Å². The summed E-state index contributed by atoms with van der Waals surface area (Å²) in [5.74, 6) is -1.25. The summed E-state index contributed by atoms with van der Waals surface area (Å²) in [6, 6.07) is 5.54. The van der Waals surface area contributed by atoms with Crippen LogP contribution in [0.25, 0.3) is 5.52 Å². The van der Waals surface area contributed by atoms with E-state index in [1.165, 1.54) is 11.8 Å². The molecule has 8 heteroatoms.